The fourth-order valence-corrected chi connectivity index (χ4v) is 4.35. The minimum Gasteiger partial charge on any atom is -0.493 e. The molecule has 7 nitrogen and oxygen atoms in total. The molecule has 30 heavy (non-hydrogen) atoms. The first-order chi connectivity index (χ1) is 14.5. The molecular weight excluding hydrogens is 382 g/mol. The van der Waals surface area contributed by atoms with Gasteiger partial charge in [-0.15, -0.1) is 0 Å². The van der Waals surface area contributed by atoms with Gasteiger partial charge in [-0.2, -0.15) is 0 Å². The Morgan fingerprint density at radius 3 is 2.67 bits per heavy atom. The SMILES string of the molecule is CCOc1ccccc1C(=O)N1CCCC1C(=O)NCCC(=O)N1CCCC(C)C1. The molecule has 2 aliphatic heterocycles. The van der Waals surface area contributed by atoms with E-state index in [4.69, 9.17) is 4.74 Å². The number of ether oxygens (including phenoxy) is 1. The van der Waals surface area contributed by atoms with Crippen LogP contribution in [0.15, 0.2) is 24.3 Å². The zero-order valence-corrected chi connectivity index (χ0v) is 18.1. The number of hydrogen-bond donors (Lipinski definition) is 1. The Balaban J connectivity index is 1.54. The van der Waals surface area contributed by atoms with Gasteiger partial charge in [-0.3, -0.25) is 14.4 Å². The first-order valence-corrected chi connectivity index (χ1v) is 11.1. The molecule has 1 aromatic rings. The Morgan fingerprint density at radius 1 is 1.13 bits per heavy atom. The minimum atomic E-state index is -0.503. The minimum absolute atomic E-state index is 0.0897. The Hall–Kier alpha value is -2.57. The summed E-state index contributed by atoms with van der Waals surface area (Å²) in [6.45, 7) is 6.96. The highest BCUT2D eigenvalue weighted by atomic mass is 16.5. The molecule has 2 aliphatic rings. The average Bonchev–Trinajstić information content (AvgIpc) is 3.24. The molecule has 0 aromatic heterocycles. The number of carbonyl (C=O) groups excluding carboxylic acids is 3. The van der Waals surface area contributed by atoms with Crippen molar-refractivity contribution >= 4 is 17.7 Å². The van der Waals surface area contributed by atoms with Crippen LogP contribution < -0.4 is 10.1 Å². The highest BCUT2D eigenvalue weighted by molar-refractivity contribution is 6.00. The molecule has 7 heteroatoms. The van der Waals surface area contributed by atoms with Crippen LogP contribution in [0.25, 0.3) is 0 Å². The van der Waals surface area contributed by atoms with Crippen LogP contribution >= 0.6 is 0 Å². The normalized spacial score (nSPS) is 21.4. The van der Waals surface area contributed by atoms with Gasteiger partial charge in [0, 0.05) is 32.6 Å². The van der Waals surface area contributed by atoms with Gasteiger partial charge >= 0.3 is 0 Å². The van der Waals surface area contributed by atoms with Gasteiger partial charge in [0.2, 0.25) is 11.8 Å². The Bertz CT molecular complexity index is 767. The van der Waals surface area contributed by atoms with Gasteiger partial charge < -0.3 is 19.9 Å². The molecule has 2 unspecified atom stereocenters. The summed E-state index contributed by atoms with van der Waals surface area (Å²) in [5.74, 6) is 0.795. The third-order valence-corrected chi connectivity index (χ3v) is 5.88. The van der Waals surface area contributed by atoms with Crippen molar-refractivity contribution in [3.8, 4) is 5.75 Å². The summed E-state index contributed by atoms with van der Waals surface area (Å²) in [7, 11) is 0. The molecule has 2 saturated heterocycles. The predicted molar refractivity (Wildman–Crippen MR) is 114 cm³/mol. The Morgan fingerprint density at radius 2 is 1.90 bits per heavy atom. The number of amides is 3. The highest BCUT2D eigenvalue weighted by Gasteiger charge is 2.35. The summed E-state index contributed by atoms with van der Waals surface area (Å²) < 4.78 is 5.58. The lowest BCUT2D eigenvalue weighted by molar-refractivity contribution is -0.133. The van der Waals surface area contributed by atoms with Crippen molar-refractivity contribution in [3.63, 3.8) is 0 Å². The van der Waals surface area contributed by atoms with Crippen LogP contribution in [-0.2, 0) is 9.59 Å². The fourth-order valence-electron chi connectivity index (χ4n) is 4.35. The van der Waals surface area contributed by atoms with E-state index in [1.807, 2.05) is 17.9 Å². The van der Waals surface area contributed by atoms with Crippen LogP contribution in [0.4, 0.5) is 0 Å². The van der Waals surface area contributed by atoms with Crippen LogP contribution in [0, 0.1) is 5.92 Å². The van der Waals surface area contributed by atoms with Crippen LogP contribution in [0.2, 0.25) is 0 Å². The van der Waals surface area contributed by atoms with Crippen LogP contribution in [0.3, 0.4) is 0 Å². The first kappa shape index (κ1) is 22.1. The van der Waals surface area contributed by atoms with Gasteiger partial charge in [0.15, 0.2) is 0 Å². The number of nitrogens with one attached hydrogen (secondary N) is 1. The van der Waals surface area contributed by atoms with E-state index in [1.54, 1.807) is 23.1 Å². The van der Waals surface area contributed by atoms with E-state index in [0.717, 1.165) is 25.9 Å². The van der Waals surface area contributed by atoms with Crippen molar-refractivity contribution in [1.82, 2.24) is 15.1 Å². The molecule has 0 bridgehead atoms. The quantitative estimate of drug-likeness (QED) is 0.742. The molecule has 164 valence electrons. The summed E-state index contributed by atoms with van der Waals surface area (Å²) in [5, 5.41) is 2.87. The zero-order chi connectivity index (χ0) is 21.5. The lowest BCUT2D eigenvalue weighted by atomic mass is 10.00. The first-order valence-electron chi connectivity index (χ1n) is 11.1. The molecule has 2 atom stereocenters. The van der Waals surface area contributed by atoms with Crippen molar-refractivity contribution < 1.29 is 19.1 Å². The molecule has 0 spiro atoms. The smallest absolute Gasteiger partial charge is 0.258 e. The molecule has 0 aliphatic carbocycles. The number of hydrogen-bond acceptors (Lipinski definition) is 4. The van der Waals surface area contributed by atoms with Gasteiger partial charge in [-0.05, 0) is 50.7 Å². The van der Waals surface area contributed by atoms with E-state index in [1.165, 1.54) is 6.42 Å². The number of piperidine rings is 1. The molecular formula is C23H33N3O4. The van der Waals surface area contributed by atoms with E-state index in [9.17, 15) is 14.4 Å². The monoisotopic (exact) mass is 415 g/mol. The van der Waals surface area contributed by atoms with E-state index < -0.39 is 6.04 Å². The number of carbonyl (C=O) groups is 3. The topological polar surface area (TPSA) is 79.0 Å². The lowest BCUT2D eigenvalue weighted by Gasteiger charge is -2.31. The third kappa shape index (κ3) is 5.32. The number of likely N-dealkylation sites (tertiary alicyclic amines) is 2. The van der Waals surface area contributed by atoms with E-state index in [2.05, 4.69) is 12.2 Å². The summed E-state index contributed by atoms with van der Waals surface area (Å²) in [5.41, 5.74) is 0.480. The number of rotatable bonds is 7. The van der Waals surface area contributed by atoms with Gasteiger partial charge in [-0.25, -0.2) is 0 Å². The van der Waals surface area contributed by atoms with Crippen molar-refractivity contribution in [2.75, 3.05) is 32.8 Å². The summed E-state index contributed by atoms with van der Waals surface area (Å²) >= 11 is 0. The summed E-state index contributed by atoms with van der Waals surface area (Å²) in [6, 6.07) is 6.63. The molecule has 0 saturated carbocycles. The molecule has 0 radical (unpaired) electrons. The van der Waals surface area contributed by atoms with Crippen LogP contribution in [-0.4, -0.2) is 66.3 Å². The number of nitrogens with zero attached hydrogens (tertiary/aromatic N) is 2. The fraction of sp³-hybridized carbons (Fsp3) is 0.609. The van der Waals surface area contributed by atoms with Gasteiger partial charge in [0.25, 0.3) is 5.91 Å². The maximum atomic E-state index is 13.1. The maximum absolute atomic E-state index is 13.1. The van der Waals surface area contributed by atoms with Crippen molar-refractivity contribution in [1.29, 1.82) is 0 Å². The standard InChI is InChI=1S/C23H33N3O4/c1-3-30-20-11-5-4-9-18(20)23(29)26-15-7-10-19(26)22(28)24-13-12-21(27)25-14-6-8-17(2)16-25/h4-5,9,11,17,19H,3,6-8,10,12-16H2,1-2H3,(H,24,28). The molecule has 2 fully saturated rings. The van der Waals surface area contributed by atoms with Crippen molar-refractivity contribution in [3.05, 3.63) is 29.8 Å². The second-order valence-electron chi connectivity index (χ2n) is 8.21. The maximum Gasteiger partial charge on any atom is 0.258 e. The molecule has 2 heterocycles. The molecule has 1 N–H and O–H groups in total. The van der Waals surface area contributed by atoms with Gasteiger partial charge in [0.05, 0.1) is 12.2 Å². The number of benzene rings is 1. The lowest BCUT2D eigenvalue weighted by Crippen LogP contribution is -2.47. The largest absolute Gasteiger partial charge is 0.493 e. The molecule has 1 aromatic carbocycles. The second-order valence-corrected chi connectivity index (χ2v) is 8.21. The summed E-state index contributed by atoms with van der Waals surface area (Å²) in [6.07, 6.45) is 3.92. The third-order valence-electron chi connectivity index (χ3n) is 5.88. The van der Waals surface area contributed by atoms with Crippen LogP contribution in [0.1, 0.15) is 56.3 Å². The van der Waals surface area contributed by atoms with Crippen LogP contribution in [0.5, 0.6) is 5.75 Å². The zero-order valence-electron chi connectivity index (χ0n) is 18.1. The molecule has 3 rings (SSSR count). The van der Waals surface area contributed by atoms with Gasteiger partial charge in [-0.1, -0.05) is 19.1 Å². The Labute approximate surface area is 178 Å². The highest BCUT2D eigenvalue weighted by Crippen LogP contribution is 2.25. The summed E-state index contributed by atoms with van der Waals surface area (Å²) in [4.78, 5) is 41.8. The average molecular weight is 416 g/mol. The Kier molecular flexibility index (Phi) is 7.71. The molecule has 3 amide bonds. The van der Waals surface area contributed by atoms with E-state index in [0.29, 0.717) is 49.8 Å². The number of para-hydroxylation sites is 1. The van der Waals surface area contributed by atoms with Gasteiger partial charge in [0.1, 0.15) is 11.8 Å². The predicted octanol–water partition coefficient (Wildman–Crippen LogP) is 2.45. The van der Waals surface area contributed by atoms with Crippen molar-refractivity contribution in [2.24, 2.45) is 5.92 Å². The van der Waals surface area contributed by atoms with Crippen molar-refractivity contribution in [2.45, 2.75) is 52.0 Å². The van der Waals surface area contributed by atoms with E-state index >= 15 is 0 Å². The van der Waals surface area contributed by atoms with E-state index in [-0.39, 0.29) is 17.7 Å². The second kappa shape index (κ2) is 10.5.